The van der Waals surface area contributed by atoms with Crippen LogP contribution in [0.25, 0.3) is 0 Å². The molecule has 6 heteroatoms. The summed E-state index contributed by atoms with van der Waals surface area (Å²) in [5, 5.41) is 12.2. The van der Waals surface area contributed by atoms with E-state index in [1.54, 1.807) is 34.9 Å². The van der Waals surface area contributed by atoms with Gasteiger partial charge in [-0.05, 0) is 30.9 Å². The van der Waals surface area contributed by atoms with Gasteiger partial charge in [0, 0.05) is 11.3 Å². The first-order valence-corrected chi connectivity index (χ1v) is 9.90. The highest BCUT2D eigenvalue weighted by Gasteiger charge is 2.20. The van der Waals surface area contributed by atoms with Crippen molar-refractivity contribution >= 4 is 34.9 Å². The largest absolute Gasteiger partial charge is 0.312 e. The van der Waals surface area contributed by atoms with Crippen molar-refractivity contribution < 1.29 is 0 Å². The molecule has 0 aliphatic heterocycles. The molecule has 0 spiro atoms. The number of nitrogens with zero attached hydrogens (tertiary/aromatic N) is 2. The van der Waals surface area contributed by atoms with Gasteiger partial charge < -0.3 is 5.32 Å². The van der Waals surface area contributed by atoms with Crippen molar-refractivity contribution in [3.8, 4) is 0 Å². The van der Waals surface area contributed by atoms with Crippen LogP contribution >= 0.6 is 34.9 Å². The zero-order valence-corrected chi connectivity index (χ0v) is 15.2. The molecule has 2 aromatic rings. The van der Waals surface area contributed by atoms with Gasteiger partial charge in [-0.3, -0.25) is 0 Å². The number of hydrogen-bond acceptors (Lipinski definition) is 6. The van der Waals surface area contributed by atoms with Crippen LogP contribution in [-0.2, 0) is 6.42 Å². The van der Waals surface area contributed by atoms with E-state index >= 15 is 0 Å². The van der Waals surface area contributed by atoms with E-state index in [0.29, 0.717) is 11.3 Å². The molecule has 114 valence electrons. The molecule has 0 saturated heterocycles. The predicted molar refractivity (Wildman–Crippen MR) is 94.6 cm³/mol. The quantitative estimate of drug-likeness (QED) is 0.763. The Kier molecular flexibility index (Phi) is 6.54. The van der Waals surface area contributed by atoms with E-state index in [4.69, 9.17) is 0 Å². The van der Waals surface area contributed by atoms with Gasteiger partial charge in [0.15, 0.2) is 8.68 Å². The minimum absolute atomic E-state index is 0.308. The fraction of sp³-hybridized carbons (Fsp3) is 0.467. The van der Waals surface area contributed by atoms with Crippen LogP contribution in [0.2, 0.25) is 0 Å². The monoisotopic (exact) mass is 339 g/mol. The maximum Gasteiger partial charge on any atom is 0.175 e. The Balaban J connectivity index is 2.07. The number of benzene rings is 1. The number of hydrogen-bond donors (Lipinski definition) is 1. The second kappa shape index (κ2) is 8.17. The van der Waals surface area contributed by atoms with Gasteiger partial charge in [0.1, 0.15) is 0 Å². The molecule has 3 nitrogen and oxygen atoms in total. The van der Waals surface area contributed by atoms with Crippen LogP contribution in [0, 0.1) is 0 Å². The fourth-order valence-corrected chi connectivity index (χ4v) is 5.07. The fourth-order valence-electron chi connectivity index (χ4n) is 2.19. The van der Waals surface area contributed by atoms with E-state index in [1.807, 2.05) is 13.3 Å². The second-order valence-electron chi connectivity index (χ2n) is 4.72. The molecule has 2 atom stereocenters. The molecule has 2 rings (SSSR count). The van der Waals surface area contributed by atoms with Gasteiger partial charge in [-0.1, -0.05) is 73.0 Å². The van der Waals surface area contributed by atoms with Gasteiger partial charge in [-0.2, -0.15) is 0 Å². The average molecular weight is 340 g/mol. The van der Waals surface area contributed by atoms with Crippen LogP contribution in [-0.4, -0.2) is 28.8 Å². The number of thioether (sulfide) groups is 2. The van der Waals surface area contributed by atoms with E-state index in [0.717, 1.165) is 15.1 Å². The molecule has 0 saturated carbocycles. The molecular formula is C15H21N3S3. The summed E-state index contributed by atoms with van der Waals surface area (Å²) in [6.07, 6.45) is 3.11. The molecule has 2 unspecified atom stereocenters. The van der Waals surface area contributed by atoms with E-state index in [1.165, 1.54) is 11.1 Å². The van der Waals surface area contributed by atoms with Gasteiger partial charge >= 0.3 is 0 Å². The summed E-state index contributed by atoms with van der Waals surface area (Å²) in [4.78, 5) is 0. The number of rotatable bonds is 7. The first-order valence-electron chi connectivity index (χ1n) is 6.98. The molecule has 0 amide bonds. The first-order chi connectivity index (χ1) is 10.2. The Labute approximate surface area is 139 Å². The standard InChI is InChI=1S/C15H21N3S3/c1-5-11-6-8-12(9-7-11)13(16-3)10(2)20-15-18-17-14(19-4)21-15/h6-10,13,16H,5H2,1-4H3. The summed E-state index contributed by atoms with van der Waals surface area (Å²) in [5.41, 5.74) is 2.70. The summed E-state index contributed by atoms with van der Waals surface area (Å²) < 4.78 is 2.07. The molecule has 0 aliphatic rings. The van der Waals surface area contributed by atoms with Gasteiger partial charge in [0.2, 0.25) is 0 Å². The second-order valence-corrected chi connectivity index (χ2v) is 8.38. The smallest absolute Gasteiger partial charge is 0.175 e. The normalized spacial score (nSPS) is 14.1. The Bertz CT molecular complexity index is 554. The number of nitrogens with one attached hydrogen (secondary N) is 1. The maximum absolute atomic E-state index is 4.25. The lowest BCUT2D eigenvalue weighted by atomic mass is 10.0. The van der Waals surface area contributed by atoms with Crippen LogP contribution in [0.1, 0.15) is 31.0 Å². The molecule has 1 aromatic carbocycles. The zero-order valence-electron chi connectivity index (χ0n) is 12.8. The van der Waals surface area contributed by atoms with Crippen molar-refractivity contribution in [2.45, 2.75) is 40.2 Å². The van der Waals surface area contributed by atoms with Gasteiger partial charge in [0.25, 0.3) is 0 Å². The first kappa shape index (κ1) is 16.8. The maximum atomic E-state index is 4.25. The Morgan fingerprint density at radius 3 is 2.38 bits per heavy atom. The lowest BCUT2D eigenvalue weighted by Gasteiger charge is -2.22. The molecule has 1 N–H and O–H groups in total. The summed E-state index contributed by atoms with van der Waals surface area (Å²) in [6.45, 7) is 4.42. The Morgan fingerprint density at radius 2 is 1.86 bits per heavy atom. The van der Waals surface area contributed by atoms with Crippen LogP contribution in [0.4, 0.5) is 0 Å². The Hall–Kier alpha value is -0.560. The zero-order chi connectivity index (χ0) is 15.2. The molecule has 1 aromatic heterocycles. The number of aromatic nitrogens is 2. The lowest BCUT2D eigenvalue weighted by molar-refractivity contribution is 0.589. The molecule has 0 aliphatic carbocycles. The van der Waals surface area contributed by atoms with E-state index in [-0.39, 0.29) is 0 Å². The third-order valence-electron chi connectivity index (χ3n) is 3.38. The van der Waals surface area contributed by atoms with Gasteiger partial charge in [-0.15, -0.1) is 10.2 Å². The summed E-state index contributed by atoms with van der Waals surface area (Å²) >= 11 is 5.10. The van der Waals surface area contributed by atoms with E-state index in [9.17, 15) is 0 Å². The van der Waals surface area contributed by atoms with Crippen LogP contribution in [0.15, 0.2) is 32.9 Å². The van der Waals surface area contributed by atoms with Crippen molar-refractivity contribution in [1.29, 1.82) is 0 Å². The molecule has 0 bridgehead atoms. The van der Waals surface area contributed by atoms with Gasteiger partial charge in [0.05, 0.1) is 0 Å². The number of aryl methyl sites for hydroxylation is 1. The van der Waals surface area contributed by atoms with E-state index < -0.39 is 0 Å². The van der Waals surface area contributed by atoms with Crippen molar-refractivity contribution in [1.82, 2.24) is 15.5 Å². The van der Waals surface area contributed by atoms with Crippen LogP contribution in [0.5, 0.6) is 0 Å². The molecule has 0 fully saturated rings. The third kappa shape index (κ3) is 4.45. The summed E-state index contributed by atoms with van der Waals surface area (Å²) in [6, 6.07) is 9.19. The topological polar surface area (TPSA) is 37.8 Å². The van der Waals surface area contributed by atoms with Crippen molar-refractivity contribution in [3.05, 3.63) is 35.4 Å². The van der Waals surface area contributed by atoms with Crippen molar-refractivity contribution in [2.75, 3.05) is 13.3 Å². The highest BCUT2D eigenvalue weighted by atomic mass is 32.2. The van der Waals surface area contributed by atoms with Crippen LogP contribution < -0.4 is 5.32 Å². The van der Waals surface area contributed by atoms with Crippen molar-refractivity contribution in [3.63, 3.8) is 0 Å². The van der Waals surface area contributed by atoms with E-state index in [2.05, 4.69) is 53.6 Å². The Morgan fingerprint density at radius 1 is 1.19 bits per heavy atom. The predicted octanol–water partition coefficient (Wildman–Crippen LogP) is 4.26. The third-order valence-corrected chi connectivity index (χ3v) is 6.54. The molecule has 21 heavy (non-hydrogen) atoms. The highest BCUT2D eigenvalue weighted by molar-refractivity contribution is 8.03. The lowest BCUT2D eigenvalue weighted by Crippen LogP contribution is -2.25. The molecule has 1 heterocycles. The van der Waals surface area contributed by atoms with Gasteiger partial charge in [-0.25, -0.2) is 0 Å². The molecule has 0 radical (unpaired) electrons. The summed E-state index contributed by atoms with van der Waals surface area (Å²) in [7, 11) is 2.02. The minimum Gasteiger partial charge on any atom is -0.312 e. The summed E-state index contributed by atoms with van der Waals surface area (Å²) in [5.74, 6) is 0. The minimum atomic E-state index is 0.308. The van der Waals surface area contributed by atoms with Crippen LogP contribution in [0.3, 0.4) is 0 Å². The average Bonchev–Trinajstić information content (AvgIpc) is 2.96. The highest BCUT2D eigenvalue weighted by Crippen LogP contribution is 2.35. The van der Waals surface area contributed by atoms with Crippen molar-refractivity contribution in [2.24, 2.45) is 0 Å². The molecular weight excluding hydrogens is 318 g/mol. The SMILES string of the molecule is CCc1ccc(C(NC)C(C)Sc2nnc(SC)s2)cc1.